The van der Waals surface area contributed by atoms with Crippen LogP contribution in [-0.4, -0.2) is 53.0 Å². The van der Waals surface area contributed by atoms with E-state index in [9.17, 15) is 19.5 Å². The number of Topliss-reactive ketones (excluding diaryl/α,β-unsaturated/α-hetero) is 1. The average Bonchev–Trinajstić information content (AvgIpc) is 2.95. The Balaban J connectivity index is 1.59. The third-order valence-electron chi connectivity index (χ3n) is 4.82. The zero-order valence-electron chi connectivity index (χ0n) is 16.4. The Morgan fingerprint density at radius 1 is 1.10 bits per heavy atom. The van der Waals surface area contributed by atoms with Gasteiger partial charge in [0.25, 0.3) is 5.91 Å². The summed E-state index contributed by atoms with van der Waals surface area (Å²) in [6.45, 7) is 3.22. The predicted molar refractivity (Wildman–Crippen MR) is 108 cm³/mol. The van der Waals surface area contributed by atoms with Crippen LogP contribution in [0.15, 0.2) is 54.6 Å². The normalized spacial score (nSPS) is 17.6. The summed E-state index contributed by atoms with van der Waals surface area (Å²) in [5.74, 6) is 0.176. The number of hydrogen-bond acceptors (Lipinski definition) is 5. The molecule has 3 rings (SSSR count). The minimum atomic E-state index is -1.04. The molecular formula is C22H24N2O5. The van der Waals surface area contributed by atoms with Gasteiger partial charge in [-0.15, -0.1) is 0 Å². The van der Waals surface area contributed by atoms with E-state index in [0.29, 0.717) is 23.4 Å². The van der Waals surface area contributed by atoms with Crippen LogP contribution in [0, 0.1) is 0 Å². The fourth-order valence-corrected chi connectivity index (χ4v) is 3.21. The Kier molecular flexibility index (Phi) is 6.29. The van der Waals surface area contributed by atoms with Crippen LogP contribution in [0.1, 0.15) is 30.6 Å². The highest BCUT2D eigenvalue weighted by Crippen LogP contribution is 2.25. The van der Waals surface area contributed by atoms with Crippen molar-refractivity contribution in [3.05, 3.63) is 60.2 Å². The zero-order chi connectivity index (χ0) is 21.0. The SMILES string of the molecule is CCC(=O)c1ccc(OC[C@H](O)CN2C(=O)[C@@H](C)N(c3ccccc3)C2=O)cc1. The number of amides is 3. The summed E-state index contributed by atoms with van der Waals surface area (Å²) in [5, 5.41) is 10.3. The molecule has 0 spiro atoms. The number of ether oxygens (including phenoxy) is 1. The topological polar surface area (TPSA) is 87.2 Å². The van der Waals surface area contributed by atoms with Gasteiger partial charge in [0.15, 0.2) is 5.78 Å². The number of rotatable bonds is 8. The number of carbonyl (C=O) groups is 3. The van der Waals surface area contributed by atoms with Crippen LogP contribution in [0.5, 0.6) is 5.75 Å². The van der Waals surface area contributed by atoms with E-state index in [1.807, 2.05) is 6.07 Å². The van der Waals surface area contributed by atoms with Gasteiger partial charge in [0.05, 0.1) is 6.54 Å². The number of hydrogen-bond donors (Lipinski definition) is 1. The van der Waals surface area contributed by atoms with Crippen LogP contribution in [-0.2, 0) is 4.79 Å². The summed E-state index contributed by atoms with van der Waals surface area (Å²) in [6, 6.07) is 14.5. The van der Waals surface area contributed by atoms with Crippen molar-refractivity contribution in [1.29, 1.82) is 0 Å². The number of carbonyl (C=O) groups excluding carboxylic acids is 3. The molecule has 0 unspecified atom stereocenters. The van der Waals surface area contributed by atoms with Crippen molar-refractivity contribution < 1.29 is 24.2 Å². The number of imide groups is 1. The van der Waals surface area contributed by atoms with E-state index >= 15 is 0 Å². The molecule has 152 valence electrons. The first-order valence-corrected chi connectivity index (χ1v) is 9.56. The number of aliphatic hydroxyl groups is 1. The largest absolute Gasteiger partial charge is 0.491 e. The Bertz CT molecular complexity index is 882. The standard InChI is InChI=1S/C22H24N2O5/c1-3-20(26)16-9-11-19(12-10-16)29-14-18(25)13-23-21(27)15(2)24(22(23)28)17-7-5-4-6-8-17/h4-12,15,18,25H,3,13-14H2,1-2H3/t15-,18-/m1/s1. The number of benzene rings is 2. The van der Waals surface area contributed by atoms with Crippen molar-refractivity contribution in [2.45, 2.75) is 32.4 Å². The van der Waals surface area contributed by atoms with Gasteiger partial charge in [0.2, 0.25) is 0 Å². The number of urea groups is 1. The smallest absolute Gasteiger partial charge is 0.332 e. The number of β-amino-alcohol motifs (C(OH)–C–C–N with tert-alkyl or cyclic N) is 1. The van der Waals surface area contributed by atoms with Gasteiger partial charge in [-0.2, -0.15) is 0 Å². The molecule has 1 fully saturated rings. The fraction of sp³-hybridized carbons (Fsp3) is 0.318. The molecular weight excluding hydrogens is 372 g/mol. The van der Waals surface area contributed by atoms with E-state index in [0.717, 1.165) is 4.90 Å². The van der Waals surface area contributed by atoms with Crippen molar-refractivity contribution in [2.24, 2.45) is 0 Å². The molecule has 1 aliphatic heterocycles. The molecule has 3 amide bonds. The average molecular weight is 396 g/mol. The van der Waals surface area contributed by atoms with E-state index in [1.165, 1.54) is 4.90 Å². The molecule has 0 aliphatic carbocycles. The maximum Gasteiger partial charge on any atom is 0.332 e. The maximum atomic E-state index is 12.7. The molecule has 1 saturated heterocycles. The summed E-state index contributed by atoms with van der Waals surface area (Å²) in [4.78, 5) is 39.3. The highest BCUT2D eigenvalue weighted by atomic mass is 16.5. The second-order valence-electron chi connectivity index (χ2n) is 6.88. The lowest BCUT2D eigenvalue weighted by atomic mass is 10.1. The van der Waals surface area contributed by atoms with Gasteiger partial charge in [-0.1, -0.05) is 25.1 Å². The first-order valence-electron chi connectivity index (χ1n) is 9.56. The van der Waals surface area contributed by atoms with Crippen LogP contribution in [0.3, 0.4) is 0 Å². The van der Waals surface area contributed by atoms with Gasteiger partial charge in [-0.05, 0) is 43.3 Å². The van der Waals surface area contributed by atoms with Gasteiger partial charge >= 0.3 is 6.03 Å². The van der Waals surface area contributed by atoms with Crippen molar-refractivity contribution in [3.8, 4) is 5.75 Å². The highest BCUT2D eigenvalue weighted by Gasteiger charge is 2.43. The van der Waals surface area contributed by atoms with Crippen molar-refractivity contribution >= 4 is 23.4 Å². The predicted octanol–water partition coefficient (Wildman–Crippen LogP) is 2.88. The number of anilines is 1. The van der Waals surface area contributed by atoms with E-state index in [1.54, 1.807) is 62.4 Å². The minimum absolute atomic E-state index is 0.0414. The summed E-state index contributed by atoms with van der Waals surface area (Å²) in [7, 11) is 0. The molecule has 0 radical (unpaired) electrons. The number of ketones is 1. The summed E-state index contributed by atoms with van der Waals surface area (Å²) in [5.41, 5.74) is 1.23. The lowest BCUT2D eigenvalue weighted by Gasteiger charge is -2.20. The van der Waals surface area contributed by atoms with Crippen molar-refractivity contribution in [3.63, 3.8) is 0 Å². The summed E-state index contributed by atoms with van der Waals surface area (Å²) in [6.07, 6.45) is -0.613. The Morgan fingerprint density at radius 3 is 2.38 bits per heavy atom. The van der Waals surface area contributed by atoms with Crippen LogP contribution in [0.25, 0.3) is 0 Å². The first-order chi connectivity index (χ1) is 13.9. The van der Waals surface area contributed by atoms with Gasteiger partial charge in [0, 0.05) is 17.7 Å². The number of aliphatic hydroxyl groups excluding tert-OH is 1. The van der Waals surface area contributed by atoms with Crippen LogP contribution in [0.4, 0.5) is 10.5 Å². The second kappa shape index (κ2) is 8.87. The first kappa shape index (κ1) is 20.5. The quantitative estimate of drug-likeness (QED) is 0.548. The van der Waals surface area contributed by atoms with Gasteiger partial charge in [-0.3, -0.25) is 19.4 Å². The molecule has 1 N–H and O–H groups in total. The Morgan fingerprint density at radius 2 is 1.76 bits per heavy atom. The minimum Gasteiger partial charge on any atom is -0.491 e. The van der Waals surface area contributed by atoms with Crippen LogP contribution < -0.4 is 9.64 Å². The molecule has 29 heavy (non-hydrogen) atoms. The van der Waals surface area contributed by atoms with Gasteiger partial charge in [-0.25, -0.2) is 4.79 Å². The molecule has 7 heteroatoms. The third-order valence-corrected chi connectivity index (χ3v) is 4.82. The maximum absolute atomic E-state index is 12.7. The molecule has 2 aromatic carbocycles. The Labute approximate surface area is 169 Å². The summed E-state index contributed by atoms with van der Waals surface area (Å²) < 4.78 is 5.53. The van der Waals surface area contributed by atoms with E-state index < -0.39 is 18.2 Å². The number of para-hydroxylation sites is 1. The molecule has 0 aromatic heterocycles. The van der Waals surface area contributed by atoms with E-state index in [-0.39, 0.29) is 24.8 Å². The van der Waals surface area contributed by atoms with E-state index in [4.69, 9.17) is 4.74 Å². The molecule has 1 heterocycles. The van der Waals surface area contributed by atoms with Crippen molar-refractivity contribution in [2.75, 3.05) is 18.1 Å². The molecule has 1 aliphatic rings. The van der Waals surface area contributed by atoms with Crippen molar-refractivity contribution in [1.82, 2.24) is 4.90 Å². The fourth-order valence-electron chi connectivity index (χ4n) is 3.21. The highest BCUT2D eigenvalue weighted by molar-refractivity contribution is 6.14. The molecule has 0 bridgehead atoms. The van der Waals surface area contributed by atoms with E-state index in [2.05, 4.69) is 0 Å². The molecule has 0 saturated carbocycles. The van der Waals surface area contributed by atoms with Gasteiger partial charge in [0.1, 0.15) is 24.5 Å². The zero-order valence-corrected chi connectivity index (χ0v) is 16.4. The lowest BCUT2D eigenvalue weighted by Crippen LogP contribution is -2.40. The van der Waals surface area contributed by atoms with Gasteiger partial charge < -0.3 is 9.84 Å². The monoisotopic (exact) mass is 396 g/mol. The summed E-state index contributed by atoms with van der Waals surface area (Å²) >= 11 is 0. The number of nitrogens with zero attached hydrogens (tertiary/aromatic N) is 2. The van der Waals surface area contributed by atoms with Crippen LogP contribution >= 0.6 is 0 Å². The Hall–Kier alpha value is -3.19. The van der Waals surface area contributed by atoms with Crippen LogP contribution in [0.2, 0.25) is 0 Å². The lowest BCUT2D eigenvalue weighted by molar-refractivity contribution is -0.128. The third kappa shape index (κ3) is 4.46. The molecule has 7 nitrogen and oxygen atoms in total. The second-order valence-corrected chi connectivity index (χ2v) is 6.88. The molecule has 2 aromatic rings. The molecule has 2 atom stereocenters.